The number of aromatic nitrogens is 2. The van der Waals surface area contributed by atoms with E-state index in [1.807, 2.05) is 23.1 Å². The Bertz CT molecular complexity index is 259. The fraction of sp³-hybridized carbons (Fsp3) is 0.750. The molecule has 1 N–H and O–H groups in total. The standard InChI is InChI=1S/C12H23N3O/c1-11(2)12(10-16-3)13-6-4-8-15-9-5-7-14-15/h5,7,9,11-13H,4,6,8,10H2,1-3H3. The molecule has 0 saturated carbocycles. The number of hydrogen-bond donors (Lipinski definition) is 1. The summed E-state index contributed by atoms with van der Waals surface area (Å²) in [6, 6.07) is 2.40. The lowest BCUT2D eigenvalue weighted by atomic mass is 10.1. The van der Waals surface area contributed by atoms with E-state index in [2.05, 4.69) is 24.3 Å². The van der Waals surface area contributed by atoms with Crippen LogP contribution >= 0.6 is 0 Å². The molecule has 0 saturated heterocycles. The van der Waals surface area contributed by atoms with E-state index in [0.717, 1.165) is 26.1 Å². The highest BCUT2D eigenvalue weighted by Gasteiger charge is 2.11. The second kappa shape index (κ2) is 7.41. The average molecular weight is 225 g/mol. The van der Waals surface area contributed by atoms with Gasteiger partial charge in [0.2, 0.25) is 0 Å². The normalized spacial score (nSPS) is 13.2. The highest BCUT2D eigenvalue weighted by atomic mass is 16.5. The molecule has 0 amide bonds. The average Bonchev–Trinajstić information content (AvgIpc) is 2.75. The molecule has 0 bridgehead atoms. The summed E-state index contributed by atoms with van der Waals surface area (Å²) in [7, 11) is 1.75. The Kier molecular flexibility index (Phi) is 6.11. The minimum atomic E-state index is 0.447. The van der Waals surface area contributed by atoms with Crippen LogP contribution in [0.15, 0.2) is 18.5 Å². The molecule has 0 fully saturated rings. The fourth-order valence-corrected chi connectivity index (χ4v) is 1.63. The molecule has 0 aliphatic carbocycles. The molecule has 92 valence electrons. The van der Waals surface area contributed by atoms with Crippen molar-refractivity contribution in [2.45, 2.75) is 32.9 Å². The number of aryl methyl sites for hydroxylation is 1. The second-order valence-electron chi connectivity index (χ2n) is 4.38. The van der Waals surface area contributed by atoms with Gasteiger partial charge in [-0.3, -0.25) is 4.68 Å². The van der Waals surface area contributed by atoms with E-state index in [9.17, 15) is 0 Å². The van der Waals surface area contributed by atoms with Crippen molar-refractivity contribution in [3.63, 3.8) is 0 Å². The van der Waals surface area contributed by atoms with E-state index in [1.165, 1.54) is 0 Å². The number of hydrogen-bond acceptors (Lipinski definition) is 3. The van der Waals surface area contributed by atoms with Crippen LogP contribution in [0.2, 0.25) is 0 Å². The molecule has 1 aromatic heterocycles. The topological polar surface area (TPSA) is 39.1 Å². The molecule has 0 radical (unpaired) electrons. The predicted octanol–water partition coefficient (Wildman–Crippen LogP) is 1.53. The lowest BCUT2D eigenvalue weighted by molar-refractivity contribution is 0.147. The van der Waals surface area contributed by atoms with Crippen molar-refractivity contribution in [1.82, 2.24) is 15.1 Å². The maximum Gasteiger partial charge on any atom is 0.0618 e. The fourth-order valence-electron chi connectivity index (χ4n) is 1.63. The molecule has 1 aromatic rings. The molecule has 4 nitrogen and oxygen atoms in total. The molecule has 1 unspecified atom stereocenters. The van der Waals surface area contributed by atoms with E-state index >= 15 is 0 Å². The van der Waals surface area contributed by atoms with Crippen molar-refractivity contribution in [3.8, 4) is 0 Å². The molecular weight excluding hydrogens is 202 g/mol. The molecule has 0 spiro atoms. The highest BCUT2D eigenvalue weighted by Crippen LogP contribution is 2.01. The SMILES string of the molecule is COCC(NCCCn1cccn1)C(C)C. The first-order chi connectivity index (χ1) is 7.74. The Morgan fingerprint density at radius 3 is 2.81 bits per heavy atom. The number of nitrogens with zero attached hydrogens (tertiary/aromatic N) is 2. The van der Waals surface area contributed by atoms with E-state index < -0.39 is 0 Å². The van der Waals surface area contributed by atoms with Crippen molar-refractivity contribution in [3.05, 3.63) is 18.5 Å². The summed E-state index contributed by atoms with van der Waals surface area (Å²) >= 11 is 0. The van der Waals surface area contributed by atoms with Gasteiger partial charge in [-0.25, -0.2) is 0 Å². The van der Waals surface area contributed by atoms with Crippen molar-refractivity contribution >= 4 is 0 Å². The summed E-state index contributed by atoms with van der Waals surface area (Å²) < 4.78 is 7.15. The summed E-state index contributed by atoms with van der Waals surface area (Å²) in [6.45, 7) is 7.18. The smallest absolute Gasteiger partial charge is 0.0618 e. The molecular formula is C12H23N3O. The van der Waals surface area contributed by atoms with Gasteiger partial charge in [0.1, 0.15) is 0 Å². The zero-order chi connectivity index (χ0) is 11.8. The Labute approximate surface area is 98.0 Å². The number of methoxy groups -OCH3 is 1. The van der Waals surface area contributed by atoms with Gasteiger partial charge in [0.25, 0.3) is 0 Å². The zero-order valence-corrected chi connectivity index (χ0v) is 10.5. The summed E-state index contributed by atoms with van der Waals surface area (Å²) in [6.07, 6.45) is 4.90. The largest absolute Gasteiger partial charge is 0.383 e. The van der Waals surface area contributed by atoms with Crippen molar-refractivity contribution in [1.29, 1.82) is 0 Å². The third-order valence-corrected chi connectivity index (χ3v) is 2.68. The zero-order valence-electron chi connectivity index (χ0n) is 10.5. The quantitative estimate of drug-likeness (QED) is 0.682. The molecule has 0 aliphatic heterocycles. The molecule has 4 heteroatoms. The van der Waals surface area contributed by atoms with Crippen molar-refractivity contribution in [2.75, 3.05) is 20.3 Å². The van der Waals surface area contributed by atoms with Gasteiger partial charge < -0.3 is 10.1 Å². The maximum absolute atomic E-state index is 5.19. The van der Waals surface area contributed by atoms with Crippen LogP contribution in [0.5, 0.6) is 0 Å². The molecule has 1 rings (SSSR count). The molecule has 0 aromatic carbocycles. The summed E-state index contributed by atoms with van der Waals surface area (Å²) in [4.78, 5) is 0. The van der Waals surface area contributed by atoms with E-state index in [0.29, 0.717) is 12.0 Å². The first-order valence-corrected chi connectivity index (χ1v) is 5.93. The summed E-state index contributed by atoms with van der Waals surface area (Å²) in [5, 5.41) is 7.68. The molecule has 1 heterocycles. The molecule has 16 heavy (non-hydrogen) atoms. The van der Waals surface area contributed by atoms with Crippen LogP contribution in [0.25, 0.3) is 0 Å². The van der Waals surface area contributed by atoms with E-state index in [1.54, 1.807) is 7.11 Å². The second-order valence-corrected chi connectivity index (χ2v) is 4.38. The lowest BCUT2D eigenvalue weighted by Gasteiger charge is -2.21. The third kappa shape index (κ3) is 4.77. The Balaban J connectivity index is 2.13. The van der Waals surface area contributed by atoms with Gasteiger partial charge in [0.15, 0.2) is 0 Å². The van der Waals surface area contributed by atoms with Crippen LogP contribution in [0.3, 0.4) is 0 Å². The summed E-state index contributed by atoms with van der Waals surface area (Å²) in [5.74, 6) is 0.602. The number of nitrogens with one attached hydrogen (secondary N) is 1. The Hall–Kier alpha value is -0.870. The van der Waals surface area contributed by atoms with Gasteiger partial charge in [-0.15, -0.1) is 0 Å². The number of ether oxygens (including phenoxy) is 1. The van der Waals surface area contributed by atoms with Crippen LogP contribution in [-0.2, 0) is 11.3 Å². The first kappa shape index (κ1) is 13.2. The van der Waals surface area contributed by atoms with Crippen LogP contribution in [0.4, 0.5) is 0 Å². The predicted molar refractivity (Wildman–Crippen MR) is 65.3 cm³/mol. The van der Waals surface area contributed by atoms with Gasteiger partial charge in [-0.1, -0.05) is 13.8 Å². The minimum Gasteiger partial charge on any atom is -0.383 e. The van der Waals surface area contributed by atoms with E-state index in [4.69, 9.17) is 4.74 Å². The molecule has 1 atom stereocenters. The molecule has 0 aliphatic rings. The van der Waals surface area contributed by atoms with Gasteiger partial charge in [-0.2, -0.15) is 5.10 Å². The van der Waals surface area contributed by atoms with Gasteiger partial charge in [-0.05, 0) is 24.9 Å². The minimum absolute atomic E-state index is 0.447. The third-order valence-electron chi connectivity index (χ3n) is 2.68. The van der Waals surface area contributed by atoms with Gasteiger partial charge >= 0.3 is 0 Å². The monoisotopic (exact) mass is 225 g/mol. The van der Waals surface area contributed by atoms with Crippen LogP contribution in [0.1, 0.15) is 20.3 Å². The highest BCUT2D eigenvalue weighted by molar-refractivity contribution is 4.77. The lowest BCUT2D eigenvalue weighted by Crippen LogP contribution is -2.38. The van der Waals surface area contributed by atoms with Gasteiger partial charge in [0, 0.05) is 32.1 Å². The maximum atomic E-state index is 5.19. The van der Waals surface area contributed by atoms with Crippen LogP contribution < -0.4 is 5.32 Å². The number of rotatable bonds is 8. The van der Waals surface area contributed by atoms with Crippen LogP contribution in [-0.4, -0.2) is 36.1 Å². The van der Waals surface area contributed by atoms with Gasteiger partial charge in [0.05, 0.1) is 6.61 Å². The van der Waals surface area contributed by atoms with Crippen molar-refractivity contribution < 1.29 is 4.74 Å². The van der Waals surface area contributed by atoms with Crippen LogP contribution in [0, 0.1) is 5.92 Å². The van der Waals surface area contributed by atoms with Crippen molar-refractivity contribution in [2.24, 2.45) is 5.92 Å². The summed E-state index contributed by atoms with van der Waals surface area (Å²) in [5.41, 5.74) is 0. The Morgan fingerprint density at radius 2 is 2.25 bits per heavy atom. The Morgan fingerprint density at radius 1 is 1.44 bits per heavy atom. The first-order valence-electron chi connectivity index (χ1n) is 5.93. The van der Waals surface area contributed by atoms with E-state index in [-0.39, 0.29) is 0 Å².